The van der Waals surface area contributed by atoms with Gasteiger partial charge in [0.15, 0.2) is 4.98 Å². The molecule has 0 aromatic carbocycles. The van der Waals surface area contributed by atoms with Crippen LogP contribution in [0, 0.1) is 11.6 Å². The van der Waals surface area contributed by atoms with E-state index in [-0.39, 0.29) is 35.7 Å². The molecule has 13 heavy (non-hydrogen) atoms. The SMILES string of the molecule is CO/C([O-])=C(/[N+]#N)[C]1[N][N][N][N]1.[Na+]. The van der Waals surface area contributed by atoms with Crippen molar-refractivity contribution < 1.29 is 39.4 Å². The maximum absolute atomic E-state index is 10.8. The molecule has 61 valence electrons. The molecule has 5 radical (unpaired) electrons. The Kier molecular flexibility index (Phi) is 5.93. The first kappa shape index (κ1) is 12.6. The van der Waals surface area contributed by atoms with Gasteiger partial charge in [0.1, 0.15) is 5.95 Å². The molecule has 0 saturated carbocycles. The average molecular weight is 190 g/mol. The summed E-state index contributed by atoms with van der Waals surface area (Å²) in [5.41, 5.74) is 12.4. The number of diazo groups is 1. The van der Waals surface area contributed by atoms with Gasteiger partial charge in [-0.05, 0) is 18.2 Å². The number of hydrogen-bond donors (Lipinski definition) is 0. The summed E-state index contributed by atoms with van der Waals surface area (Å²) in [5, 5.41) is 19.1. The van der Waals surface area contributed by atoms with E-state index in [1.54, 1.807) is 0 Å². The molecule has 0 N–H and O–H groups in total. The van der Waals surface area contributed by atoms with Gasteiger partial charge in [-0.1, -0.05) is 10.9 Å². The number of ether oxygens (including phenoxy) is 1. The van der Waals surface area contributed by atoms with Gasteiger partial charge in [0.05, 0.1) is 0 Å². The molecule has 0 spiro atoms. The summed E-state index contributed by atoms with van der Waals surface area (Å²) >= 11 is 0. The molecular weight excluding hydrogens is 187 g/mol. The number of nitrogens with zero attached hydrogens (tertiary/aromatic N) is 6. The van der Waals surface area contributed by atoms with E-state index in [4.69, 9.17) is 5.39 Å². The third kappa shape index (κ3) is 3.09. The maximum Gasteiger partial charge on any atom is 1.00 e. The Morgan fingerprint density at radius 1 is 1.46 bits per heavy atom. The van der Waals surface area contributed by atoms with Gasteiger partial charge in [-0.2, -0.15) is 0 Å². The minimum absolute atomic E-state index is 0. The predicted octanol–water partition coefficient (Wildman–Crippen LogP) is -5.32. The third-order valence-electron chi connectivity index (χ3n) is 1.01. The van der Waals surface area contributed by atoms with E-state index in [1.807, 2.05) is 0 Å². The second kappa shape index (κ2) is 6.11. The fraction of sp³-hybridized carbons (Fsp3) is 0.250. The molecule has 0 unspecified atom stereocenters. The van der Waals surface area contributed by atoms with E-state index >= 15 is 0 Å². The zero-order valence-electron chi connectivity index (χ0n) is 7.00. The average Bonchev–Trinajstić information content (AvgIpc) is 2.58. The molecule has 1 heterocycles. The van der Waals surface area contributed by atoms with Gasteiger partial charge in [-0.25, -0.2) is 0 Å². The standard InChI is InChI=1S/C4H3N6O2.Na/c1-12-4(11)2(6-5)3-7-9-10-8-3;/h1H3;/q;+1/b4-2+;. The quantitative estimate of drug-likeness (QED) is 0.246. The molecule has 8 nitrogen and oxygen atoms in total. The van der Waals surface area contributed by atoms with Crippen molar-refractivity contribution >= 4 is 0 Å². The molecule has 0 aliphatic carbocycles. The first-order valence-electron chi connectivity index (χ1n) is 2.79. The van der Waals surface area contributed by atoms with Crippen molar-refractivity contribution in [1.29, 1.82) is 5.39 Å². The van der Waals surface area contributed by atoms with Crippen LogP contribution < -0.4 is 56.6 Å². The van der Waals surface area contributed by atoms with Crippen LogP contribution in [0.25, 0.3) is 4.98 Å². The Balaban J connectivity index is 0.00000144. The van der Waals surface area contributed by atoms with Crippen molar-refractivity contribution in [3.05, 3.63) is 22.8 Å². The minimum atomic E-state index is -0.854. The maximum atomic E-state index is 10.8. The van der Waals surface area contributed by atoms with E-state index in [0.717, 1.165) is 7.11 Å². The molecule has 0 atom stereocenters. The van der Waals surface area contributed by atoms with Crippen LogP contribution in [0.4, 0.5) is 0 Å². The smallest absolute Gasteiger partial charge is 0.611 e. The molecule has 1 aliphatic heterocycles. The van der Waals surface area contributed by atoms with Gasteiger partial charge >= 0.3 is 35.3 Å². The molecule has 1 saturated heterocycles. The van der Waals surface area contributed by atoms with Gasteiger partial charge < -0.3 is 9.84 Å². The van der Waals surface area contributed by atoms with Crippen LogP contribution in [0.15, 0.2) is 11.6 Å². The van der Waals surface area contributed by atoms with Crippen molar-refractivity contribution in [3.8, 4) is 0 Å². The van der Waals surface area contributed by atoms with Crippen molar-refractivity contribution in [3.63, 3.8) is 0 Å². The Labute approximate surface area is 96.5 Å². The van der Waals surface area contributed by atoms with Crippen LogP contribution >= 0.6 is 0 Å². The molecule has 9 heteroatoms. The molecule has 0 aromatic rings. The van der Waals surface area contributed by atoms with Crippen molar-refractivity contribution in [2.75, 3.05) is 7.11 Å². The van der Waals surface area contributed by atoms with Gasteiger partial charge in [-0.3, -0.25) is 0 Å². The van der Waals surface area contributed by atoms with Crippen molar-refractivity contribution in [2.45, 2.75) is 0 Å². The second-order valence-electron chi connectivity index (χ2n) is 1.64. The summed E-state index contributed by atoms with van der Waals surface area (Å²) in [5.74, 6) is -0.854. The Bertz CT molecular complexity index is 231. The Hall–Kier alpha value is -0.400. The molecule has 0 amide bonds. The van der Waals surface area contributed by atoms with Crippen LogP contribution in [0.3, 0.4) is 0 Å². The topological polar surface area (TPSA) is 117 Å². The number of methoxy groups -OCH3 is 1. The molecular formula is C4H3N6NaO2+. The van der Waals surface area contributed by atoms with Gasteiger partial charge in [0.25, 0.3) is 6.17 Å². The first-order valence-corrected chi connectivity index (χ1v) is 2.79. The Morgan fingerprint density at radius 3 is 2.38 bits per heavy atom. The summed E-state index contributed by atoms with van der Waals surface area (Å²) in [6.45, 7) is 0. The fourth-order valence-corrected chi connectivity index (χ4v) is 0.513. The summed E-state index contributed by atoms with van der Waals surface area (Å²) < 4.78 is 4.26. The summed E-state index contributed by atoms with van der Waals surface area (Å²) in [4.78, 5) is 2.64. The van der Waals surface area contributed by atoms with Crippen molar-refractivity contribution in [2.24, 2.45) is 0 Å². The summed E-state index contributed by atoms with van der Waals surface area (Å²) in [6.07, 6.45) is -0.177. The van der Waals surface area contributed by atoms with E-state index in [0.29, 0.717) is 0 Å². The fourth-order valence-electron chi connectivity index (χ4n) is 0.513. The van der Waals surface area contributed by atoms with E-state index in [9.17, 15) is 5.11 Å². The van der Waals surface area contributed by atoms with Crippen LogP contribution in [-0.2, 0) is 4.74 Å². The van der Waals surface area contributed by atoms with Crippen LogP contribution in [-0.4, -0.2) is 7.11 Å². The second-order valence-corrected chi connectivity index (χ2v) is 1.64. The molecule has 0 aromatic heterocycles. The zero-order valence-corrected chi connectivity index (χ0v) is 9.00. The van der Waals surface area contributed by atoms with E-state index < -0.39 is 11.6 Å². The van der Waals surface area contributed by atoms with Crippen LogP contribution in [0.1, 0.15) is 0 Å². The summed E-state index contributed by atoms with van der Waals surface area (Å²) in [7, 11) is 1.14. The summed E-state index contributed by atoms with van der Waals surface area (Å²) in [6, 6.07) is 0. The molecule has 1 rings (SSSR count). The normalized spacial score (nSPS) is 18.5. The first-order chi connectivity index (χ1) is 5.79. The van der Waals surface area contributed by atoms with Crippen LogP contribution in [0.2, 0.25) is 0 Å². The molecule has 1 aliphatic rings. The number of rotatable bonds is 2. The third-order valence-corrected chi connectivity index (χ3v) is 1.01. The Morgan fingerprint density at radius 2 is 2.00 bits per heavy atom. The van der Waals surface area contributed by atoms with E-state index in [2.05, 4.69) is 31.6 Å². The van der Waals surface area contributed by atoms with E-state index in [1.165, 1.54) is 0 Å². The van der Waals surface area contributed by atoms with Crippen LogP contribution in [0.5, 0.6) is 0 Å². The van der Waals surface area contributed by atoms with Gasteiger partial charge in [-0.15, -0.1) is 0 Å². The largest absolute Gasteiger partial charge is 1.00 e. The predicted molar refractivity (Wildman–Crippen MR) is 30.9 cm³/mol. The molecule has 0 bridgehead atoms. The zero-order chi connectivity index (χ0) is 8.97. The minimum Gasteiger partial charge on any atom is -0.611 e. The van der Waals surface area contributed by atoms with Gasteiger partial charge in [0.2, 0.25) is 5.39 Å². The monoisotopic (exact) mass is 190 g/mol. The van der Waals surface area contributed by atoms with Crippen molar-refractivity contribution in [1.82, 2.24) is 21.9 Å². The van der Waals surface area contributed by atoms with Gasteiger partial charge in [0, 0.05) is 0 Å². The molecule has 1 fully saturated rings. The number of hydrogen-bond acceptors (Lipinski definition) is 3.